The van der Waals surface area contributed by atoms with Crippen LogP contribution in [0.5, 0.6) is 5.88 Å². The second-order valence-electron chi connectivity index (χ2n) is 3.08. The Bertz CT molecular complexity index is 557. The van der Waals surface area contributed by atoms with Crippen LogP contribution in [0.2, 0.25) is 0 Å². The molecule has 1 aromatic carbocycles. The summed E-state index contributed by atoms with van der Waals surface area (Å²) in [7, 11) is 0. The molecule has 0 aliphatic heterocycles. The Hall–Kier alpha value is -1.56. The largest absolute Gasteiger partial charge is 0.493 e. The first kappa shape index (κ1) is 9.97. The van der Waals surface area contributed by atoms with Crippen molar-refractivity contribution in [2.24, 2.45) is 5.18 Å². The van der Waals surface area contributed by atoms with E-state index in [-0.39, 0.29) is 11.8 Å². The van der Waals surface area contributed by atoms with Gasteiger partial charge in [-0.1, -0.05) is 0 Å². The van der Waals surface area contributed by atoms with Gasteiger partial charge in [0.15, 0.2) is 0 Å². The van der Waals surface area contributed by atoms with Crippen molar-refractivity contribution in [3.8, 4) is 5.88 Å². The molecule has 0 aliphatic rings. The average Bonchev–Trinajstić information content (AvgIpc) is 2.19. The van der Waals surface area contributed by atoms with Gasteiger partial charge < -0.3 is 5.11 Å². The summed E-state index contributed by atoms with van der Waals surface area (Å²) in [5, 5.41) is 12.6. The van der Waals surface area contributed by atoms with E-state index in [4.69, 9.17) is 0 Å². The highest BCUT2D eigenvalue weighted by Crippen LogP contribution is 2.30. The molecule has 0 unspecified atom stereocenters. The SMILES string of the molecule is Cc1cc(Br)c2nc(N=O)nc(O)c2c1. The van der Waals surface area contributed by atoms with Crippen LogP contribution in [0.1, 0.15) is 5.56 Å². The lowest BCUT2D eigenvalue weighted by molar-refractivity contribution is 0.460. The first-order valence-electron chi connectivity index (χ1n) is 4.12. The number of rotatable bonds is 1. The maximum atomic E-state index is 10.3. The van der Waals surface area contributed by atoms with Gasteiger partial charge in [0.05, 0.1) is 10.9 Å². The number of nitrogens with zero attached hydrogens (tertiary/aromatic N) is 3. The van der Waals surface area contributed by atoms with E-state index in [2.05, 4.69) is 31.1 Å². The summed E-state index contributed by atoms with van der Waals surface area (Å²) >= 11 is 3.30. The number of aryl methyl sites for hydroxylation is 1. The molecule has 0 saturated heterocycles. The third-order valence-corrected chi connectivity index (χ3v) is 2.55. The molecule has 0 bridgehead atoms. The van der Waals surface area contributed by atoms with Crippen molar-refractivity contribution < 1.29 is 5.11 Å². The van der Waals surface area contributed by atoms with Crippen molar-refractivity contribution in [1.29, 1.82) is 0 Å². The normalized spacial score (nSPS) is 10.5. The molecule has 15 heavy (non-hydrogen) atoms. The Kier molecular flexibility index (Phi) is 2.36. The van der Waals surface area contributed by atoms with Gasteiger partial charge in [0, 0.05) is 9.65 Å². The minimum absolute atomic E-state index is 0.237. The van der Waals surface area contributed by atoms with E-state index >= 15 is 0 Å². The average molecular weight is 268 g/mol. The van der Waals surface area contributed by atoms with Crippen molar-refractivity contribution >= 4 is 32.8 Å². The zero-order valence-electron chi connectivity index (χ0n) is 7.73. The van der Waals surface area contributed by atoms with Gasteiger partial charge in [-0.25, -0.2) is 4.98 Å². The summed E-state index contributed by atoms with van der Waals surface area (Å²) < 4.78 is 0.695. The van der Waals surface area contributed by atoms with Gasteiger partial charge in [0.25, 0.3) is 5.95 Å². The number of aromatic nitrogens is 2. The summed E-state index contributed by atoms with van der Waals surface area (Å²) in [6.45, 7) is 1.88. The molecule has 0 atom stereocenters. The maximum Gasteiger partial charge on any atom is 0.294 e. The Morgan fingerprint density at radius 3 is 2.80 bits per heavy atom. The van der Waals surface area contributed by atoms with Crippen LogP contribution in [0, 0.1) is 11.8 Å². The van der Waals surface area contributed by atoms with Crippen molar-refractivity contribution in [2.75, 3.05) is 0 Å². The monoisotopic (exact) mass is 267 g/mol. The van der Waals surface area contributed by atoms with E-state index in [1.54, 1.807) is 6.07 Å². The highest BCUT2D eigenvalue weighted by atomic mass is 79.9. The smallest absolute Gasteiger partial charge is 0.294 e. The van der Waals surface area contributed by atoms with E-state index in [9.17, 15) is 10.0 Å². The van der Waals surface area contributed by atoms with Gasteiger partial charge in [-0.05, 0) is 40.5 Å². The van der Waals surface area contributed by atoms with Crippen LogP contribution in [0.15, 0.2) is 21.8 Å². The molecule has 0 saturated carbocycles. The van der Waals surface area contributed by atoms with Crippen molar-refractivity contribution in [2.45, 2.75) is 6.92 Å². The van der Waals surface area contributed by atoms with Gasteiger partial charge in [-0.2, -0.15) is 4.98 Å². The maximum absolute atomic E-state index is 10.3. The van der Waals surface area contributed by atoms with Crippen LogP contribution in [0.3, 0.4) is 0 Å². The molecule has 1 N–H and O–H groups in total. The third kappa shape index (κ3) is 1.68. The quantitative estimate of drug-likeness (QED) is 0.807. The fraction of sp³-hybridized carbons (Fsp3) is 0.111. The second kappa shape index (κ2) is 3.54. The Morgan fingerprint density at radius 2 is 2.13 bits per heavy atom. The van der Waals surface area contributed by atoms with E-state index in [1.807, 2.05) is 13.0 Å². The number of fused-ring (bicyclic) bond motifs is 1. The summed E-state index contributed by atoms with van der Waals surface area (Å²) in [5.74, 6) is -0.511. The molecule has 5 nitrogen and oxygen atoms in total. The summed E-state index contributed by atoms with van der Waals surface area (Å²) in [6, 6.07) is 3.58. The lowest BCUT2D eigenvalue weighted by atomic mass is 10.2. The number of benzene rings is 1. The Morgan fingerprint density at radius 1 is 1.40 bits per heavy atom. The van der Waals surface area contributed by atoms with Crippen molar-refractivity contribution in [3.63, 3.8) is 0 Å². The topological polar surface area (TPSA) is 75.4 Å². The summed E-state index contributed by atoms with van der Waals surface area (Å²) in [6.07, 6.45) is 0. The molecule has 0 radical (unpaired) electrons. The van der Waals surface area contributed by atoms with E-state index in [1.165, 1.54) is 0 Å². The highest BCUT2D eigenvalue weighted by Gasteiger charge is 2.10. The van der Waals surface area contributed by atoms with Gasteiger partial charge in [-0.3, -0.25) is 0 Å². The molecule has 0 spiro atoms. The van der Waals surface area contributed by atoms with E-state index < -0.39 is 0 Å². The van der Waals surface area contributed by atoms with Crippen LogP contribution in [0.25, 0.3) is 10.9 Å². The van der Waals surface area contributed by atoms with Crippen LogP contribution in [-0.4, -0.2) is 15.1 Å². The molecular formula is C9H6BrN3O2. The van der Waals surface area contributed by atoms with Crippen LogP contribution in [0.4, 0.5) is 5.95 Å². The van der Waals surface area contributed by atoms with Gasteiger partial charge >= 0.3 is 0 Å². The number of nitroso groups, excluding NO2 is 1. The number of aromatic hydroxyl groups is 1. The van der Waals surface area contributed by atoms with Crippen LogP contribution >= 0.6 is 15.9 Å². The first-order chi connectivity index (χ1) is 7.11. The van der Waals surface area contributed by atoms with Crippen LogP contribution in [-0.2, 0) is 0 Å². The molecule has 1 aromatic heterocycles. The highest BCUT2D eigenvalue weighted by molar-refractivity contribution is 9.10. The molecule has 0 aliphatic carbocycles. The fourth-order valence-electron chi connectivity index (χ4n) is 1.34. The zero-order chi connectivity index (χ0) is 11.0. The molecule has 0 amide bonds. The predicted octanol–water partition coefficient (Wildman–Crippen LogP) is 2.80. The van der Waals surface area contributed by atoms with E-state index in [0.717, 1.165) is 5.56 Å². The zero-order valence-corrected chi connectivity index (χ0v) is 9.32. The van der Waals surface area contributed by atoms with Crippen molar-refractivity contribution in [1.82, 2.24) is 9.97 Å². The summed E-state index contributed by atoms with van der Waals surface area (Å²) in [4.78, 5) is 17.7. The minimum atomic E-state index is -0.274. The van der Waals surface area contributed by atoms with Gasteiger partial charge in [0.2, 0.25) is 5.88 Å². The van der Waals surface area contributed by atoms with E-state index in [0.29, 0.717) is 15.4 Å². The first-order valence-corrected chi connectivity index (χ1v) is 4.91. The second-order valence-corrected chi connectivity index (χ2v) is 3.94. The van der Waals surface area contributed by atoms with Gasteiger partial charge in [0.1, 0.15) is 0 Å². The molecule has 0 fully saturated rings. The fourth-order valence-corrected chi connectivity index (χ4v) is 2.00. The summed E-state index contributed by atoms with van der Waals surface area (Å²) in [5.41, 5.74) is 1.43. The molecular weight excluding hydrogens is 262 g/mol. The van der Waals surface area contributed by atoms with Crippen LogP contribution < -0.4 is 0 Å². The molecule has 6 heteroatoms. The molecule has 76 valence electrons. The Labute approximate surface area is 93.3 Å². The van der Waals surface area contributed by atoms with Crippen molar-refractivity contribution in [3.05, 3.63) is 27.1 Å². The molecule has 1 heterocycles. The molecule has 2 rings (SSSR count). The number of hydrogen-bond acceptors (Lipinski definition) is 5. The Balaban J connectivity index is 2.91. The molecule has 2 aromatic rings. The minimum Gasteiger partial charge on any atom is -0.493 e. The predicted molar refractivity (Wildman–Crippen MR) is 59.1 cm³/mol. The standard InChI is InChI=1S/C9H6BrN3O2/c1-4-2-5-7(6(10)3-4)11-9(13-15)12-8(5)14/h2-3H,1H3,(H,11,12,14). The lowest BCUT2D eigenvalue weighted by Crippen LogP contribution is -1.87. The lowest BCUT2D eigenvalue weighted by Gasteiger charge is -2.03. The van der Waals surface area contributed by atoms with Gasteiger partial charge in [-0.15, -0.1) is 4.91 Å². The number of halogens is 1. The third-order valence-electron chi connectivity index (χ3n) is 1.95. The number of hydrogen-bond donors (Lipinski definition) is 1.